The minimum atomic E-state index is 0.0698. The first-order valence-electron chi connectivity index (χ1n) is 6.79. The van der Waals surface area contributed by atoms with Crippen molar-refractivity contribution in [3.63, 3.8) is 0 Å². The minimum absolute atomic E-state index is 0.0698. The van der Waals surface area contributed by atoms with Crippen LogP contribution >= 0.6 is 15.9 Å². The molecule has 1 aromatic carbocycles. The molecule has 0 aliphatic rings. The Morgan fingerprint density at radius 1 is 1.35 bits per heavy atom. The van der Waals surface area contributed by atoms with E-state index in [1.54, 1.807) is 6.26 Å². The summed E-state index contributed by atoms with van der Waals surface area (Å²) in [6, 6.07) is 10.3. The number of benzene rings is 1. The molecule has 0 aliphatic carbocycles. The van der Waals surface area contributed by atoms with Crippen LogP contribution in [0.1, 0.15) is 29.3 Å². The lowest BCUT2D eigenvalue weighted by Crippen LogP contribution is -2.23. The normalized spacial score (nSPS) is 12.8. The van der Waals surface area contributed by atoms with Gasteiger partial charge in [-0.2, -0.15) is 0 Å². The van der Waals surface area contributed by atoms with Crippen LogP contribution in [0.3, 0.4) is 0 Å². The molecule has 2 N–H and O–H groups in total. The van der Waals surface area contributed by atoms with Crippen molar-refractivity contribution in [1.29, 1.82) is 0 Å². The van der Waals surface area contributed by atoms with Crippen molar-refractivity contribution >= 4 is 15.9 Å². The molecule has 4 heteroatoms. The second kappa shape index (κ2) is 7.07. The van der Waals surface area contributed by atoms with E-state index in [1.807, 2.05) is 25.1 Å². The molecule has 0 aliphatic heterocycles. The Morgan fingerprint density at radius 2 is 2.15 bits per heavy atom. The zero-order chi connectivity index (χ0) is 14.5. The molecular weight excluding hydrogens is 316 g/mol. The molecule has 20 heavy (non-hydrogen) atoms. The average Bonchev–Trinajstić information content (AvgIpc) is 2.81. The van der Waals surface area contributed by atoms with Crippen LogP contribution in [0, 0.1) is 6.92 Å². The molecule has 108 valence electrons. The Balaban J connectivity index is 1.84. The van der Waals surface area contributed by atoms with Gasteiger partial charge in [0.25, 0.3) is 0 Å². The molecule has 0 bridgehead atoms. The number of nitrogens with two attached hydrogens (primary N) is 1. The summed E-state index contributed by atoms with van der Waals surface area (Å²) in [5.74, 6) is 0.994. The molecule has 1 heterocycles. The van der Waals surface area contributed by atoms with Gasteiger partial charge in [-0.3, -0.25) is 0 Å². The Hall–Kier alpha value is -1.10. The van der Waals surface area contributed by atoms with Crippen molar-refractivity contribution < 1.29 is 4.42 Å². The SMILES string of the molecule is Cc1occc1CN(C)CCC(N)c1cccc(Br)c1. The van der Waals surface area contributed by atoms with Crippen LogP contribution in [0.15, 0.2) is 45.5 Å². The fourth-order valence-electron chi connectivity index (χ4n) is 2.21. The summed E-state index contributed by atoms with van der Waals surface area (Å²) in [4.78, 5) is 2.27. The van der Waals surface area contributed by atoms with Gasteiger partial charge in [0.2, 0.25) is 0 Å². The van der Waals surface area contributed by atoms with Gasteiger partial charge in [0.05, 0.1) is 6.26 Å². The van der Waals surface area contributed by atoms with E-state index in [0.717, 1.165) is 29.7 Å². The lowest BCUT2D eigenvalue weighted by atomic mass is 10.0. The van der Waals surface area contributed by atoms with Crippen LogP contribution in [-0.4, -0.2) is 18.5 Å². The summed E-state index contributed by atoms with van der Waals surface area (Å²) in [5, 5.41) is 0. The van der Waals surface area contributed by atoms with E-state index in [9.17, 15) is 0 Å². The van der Waals surface area contributed by atoms with Crippen molar-refractivity contribution in [2.75, 3.05) is 13.6 Å². The van der Waals surface area contributed by atoms with Crippen LogP contribution in [0.25, 0.3) is 0 Å². The van der Waals surface area contributed by atoms with Crippen LogP contribution in [0.2, 0.25) is 0 Å². The number of halogens is 1. The third-order valence-electron chi connectivity index (χ3n) is 3.51. The summed E-state index contributed by atoms with van der Waals surface area (Å²) < 4.78 is 6.39. The van der Waals surface area contributed by atoms with E-state index in [4.69, 9.17) is 10.2 Å². The molecule has 1 atom stereocenters. The largest absolute Gasteiger partial charge is 0.469 e. The van der Waals surface area contributed by atoms with Gasteiger partial charge in [-0.1, -0.05) is 28.1 Å². The number of nitrogens with zero attached hydrogens (tertiary/aromatic N) is 1. The molecule has 0 fully saturated rings. The summed E-state index contributed by atoms with van der Waals surface area (Å²) in [7, 11) is 2.11. The fourth-order valence-corrected chi connectivity index (χ4v) is 2.63. The summed E-state index contributed by atoms with van der Waals surface area (Å²) in [6.07, 6.45) is 2.68. The average molecular weight is 337 g/mol. The molecule has 1 aromatic heterocycles. The Labute approximate surface area is 128 Å². The maximum absolute atomic E-state index is 6.25. The molecule has 3 nitrogen and oxygen atoms in total. The van der Waals surface area contributed by atoms with Crippen molar-refractivity contribution in [2.24, 2.45) is 5.73 Å². The number of aryl methyl sites for hydroxylation is 1. The van der Waals surface area contributed by atoms with Gasteiger partial charge in [0.15, 0.2) is 0 Å². The maximum atomic E-state index is 6.25. The first kappa shape index (κ1) is 15.3. The standard InChI is InChI=1S/C16H21BrN2O/c1-12-14(7-9-20-12)11-19(2)8-6-16(18)13-4-3-5-15(17)10-13/h3-5,7,9-10,16H,6,8,11,18H2,1-2H3. The number of hydrogen-bond acceptors (Lipinski definition) is 3. The number of furan rings is 1. The Morgan fingerprint density at radius 3 is 2.80 bits per heavy atom. The zero-order valence-corrected chi connectivity index (χ0v) is 13.6. The molecular formula is C16H21BrN2O. The highest BCUT2D eigenvalue weighted by molar-refractivity contribution is 9.10. The van der Waals surface area contributed by atoms with E-state index in [2.05, 4.69) is 40.0 Å². The van der Waals surface area contributed by atoms with E-state index in [0.29, 0.717) is 0 Å². The highest BCUT2D eigenvalue weighted by atomic mass is 79.9. The minimum Gasteiger partial charge on any atom is -0.469 e. The first-order valence-corrected chi connectivity index (χ1v) is 7.58. The summed E-state index contributed by atoms with van der Waals surface area (Å²) in [5.41, 5.74) is 8.66. The Kier molecular flexibility index (Phi) is 5.40. The Bertz CT molecular complexity index is 553. The van der Waals surface area contributed by atoms with E-state index in [1.165, 1.54) is 11.1 Å². The maximum Gasteiger partial charge on any atom is 0.105 e. The highest BCUT2D eigenvalue weighted by Crippen LogP contribution is 2.19. The first-order chi connectivity index (χ1) is 9.56. The van der Waals surface area contributed by atoms with Gasteiger partial charge >= 0.3 is 0 Å². The molecule has 1 unspecified atom stereocenters. The lowest BCUT2D eigenvalue weighted by Gasteiger charge is -2.19. The summed E-state index contributed by atoms with van der Waals surface area (Å²) in [6.45, 7) is 3.85. The van der Waals surface area contributed by atoms with Crippen LogP contribution in [-0.2, 0) is 6.54 Å². The van der Waals surface area contributed by atoms with Gasteiger partial charge in [-0.25, -0.2) is 0 Å². The van der Waals surface area contributed by atoms with Gasteiger partial charge in [0, 0.05) is 22.6 Å². The monoisotopic (exact) mass is 336 g/mol. The lowest BCUT2D eigenvalue weighted by molar-refractivity contribution is 0.309. The molecule has 0 saturated heterocycles. The smallest absolute Gasteiger partial charge is 0.105 e. The molecule has 0 spiro atoms. The fraction of sp³-hybridized carbons (Fsp3) is 0.375. The van der Waals surface area contributed by atoms with Crippen molar-refractivity contribution in [2.45, 2.75) is 25.9 Å². The van der Waals surface area contributed by atoms with Crippen LogP contribution in [0.5, 0.6) is 0 Å². The van der Waals surface area contributed by atoms with E-state index >= 15 is 0 Å². The van der Waals surface area contributed by atoms with Gasteiger partial charge in [0.1, 0.15) is 5.76 Å². The van der Waals surface area contributed by atoms with Gasteiger partial charge < -0.3 is 15.1 Å². The predicted molar refractivity (Wildman–Crippen MR) is 85.5 cm³/mol. The van der Waals surface area contributed by atoms with E-state index in [-0.39, 0.29) is 6.04 Å². The third kappa shape index (κ3) is 4.20. The predicted octanol–water partition coefficient (Wildman–Crippen LogP) is 3.87. The molecule has 0 saturated carbocycles. The second-order valence-corrected chi connectivity index (χ2v) is 6.11. The van der Waals surface area contributed by atoms with Crippen LogP contribution in [0.4, 0.5) is 0 Å². The molecule has 0 amide bonds. The number of hydrogen-bond donors (Lipinski definition) is 1. The molecule has 0 radical (unpaired) electrons. The zero-order valence-electron chi connectivity index (χ0n) is 12.0. The van der Waals surface area contributed by atoms with Crippen molar-refractivity contribution in [3.05, 3.63) is 58.0 Å². The van der Waals surface area contributed by atoms with Crippen LogP contribution < -0.4 is 5.73 Å². The van der Waals surface area contributed by atoms with E-state index < -0.39 is 0 Å². The summed E-state index contributed by atoms with van der Waals surface area (Å²) >= 11 is 3.48. The molecule has 2 aromatic rings. The topological polar surface area (TPSA) is 42.4 Å². The van der Waals surface area contributed by atoms with Gasteiger partial charge in [-0.05, 0) is 50.7 Å². The van der Waals surface area contributed by atoms with Crippen molar-refractivity contribution in [1.82, 2.24) is 4.90 Å². The quantitative estimate of drug-likeness (QED) is 0.870. The third-order valence-corrected chi connectivity index (χ3v) is 4.00. The molecule has 2 rings (SSSR count). The number of rotatable bonds is 6. The van der Waals surface area contributed by atoms with Crippen molar-refractivity contribution in [3.8, 4) is 0 Å². The van der Waals surface area contributed by atoms with Gasteiger partial charge in [-0.15, -0.1) is 0 Å². The second-order valence-electron chi connectivity index (χ2n) is 5.19. The highest BCUT2D eigenvalue weighted by Gasteiger charge is 2.10.